The molecule has 1 saturated heterocycles. The van der Waals surface area contributed by atoms with E-state index in [1.54, 1.807) is 6.92 Å². The molecule has 128 valence electrons. The second kappa shape index (κ2) is 8.73. The quantitative estimate of drug-likeness (QED) is 0.825. The van der Waals surface area contributed by atoms with E-state index in [0.29, 0.717) is 6.42 Å². The number of halogens is 1. The van der Waals surface area contributed by atoms with Gasteiger partial charge in [0.05, 0.1) is 0 Å². The molecule has 2 fully saturated rings. The molecule has 2 amide bonds. The first-order valence-electron chi connectivity index (χ1n) is 8.34. The van der Waals surface area contributed by atoms with Gasteiger partial charge in [0.15, 0.2) is 0 Å². The molecule has 5 nitrogen and oxygen atoms in total. The van der Waals surface area contributed by atoms with E-state index in [9.17, 15) is 9.59 Å². The highest BCUT2D eigenvalue weighted by molar-refractivity contribution is 5.87. The minimum absolute atomic E-state index is 0. The highest BCUT2D eigenvalue weighted by Gasteiger charge is 2.30. The van der Waals surface area contributed by atoms with E-state index in [-0.39, 0.29) is 42.2 Å². The molecule has 0 radical (unpaired) electrons. The summed E-state index contributed by atoms with van der Waals surface area (Å²) in [5.41, 5.74) is 6.00. The van der Waals surface area contributed by atoms with Crippen LogP contribution in [0.4, 0.5) is 0 Å². The molecule has 0 aromatic heterocycles. The molecular weight excluding hydrogens is 302 g/mol. The number of rotatable bonds is 4. The summed E-state index contributed by atoms with van der Waals surface area (Å²) in [6.45, 7) is 4.69. The second-order valence-corrected chi connectivity index (χ2v) is 6.72. The van der Waals surface area contributed by atoms with Crippen molar-refractivity contribution in [1.82, 2.24) is 10.2 Å². The van der Waals surface area contributed by atoms with E-state index < -0.39 is 6.04 Å². The smallest absolute Gasteiger partial charge is 0.245 e. The Kier molecular flexibility index (Phi) is 7.63. The number of hydrogen-bond acceptors (Lipinski definition) is 3. The highest BCUT2D eigenvalue weighted by atomic mass is 35.5. The Labute approximate surface area is 139 Å². The Bertz CT molecular complexity index is 392. The van der Waals surface area contributed by atoms with Crippen molar-refractivity contribution >= 4 is 24.2 Å². The lowest BCUT2D eigenvalue weighted by Gasteiger charge is -2.35. The van der Waals surface area contributed by atoms with E-state index in [1.165, 1.54) is 6.42 Å². The molecule has 4 atom stereocenters. The fraction of sp³-hybridized carbons (Fsp3) is 0.875. The number of nitrogens with two attached hydrogens (primary N) is 1. The number of nitrogens with one attached hydrogen (secondary N) is 1. The molecule has 1 aliphatic carbocycles. The van der Waals surface area contributed by atoms with Gasteiger partial charge in [-0.25, -0.2) is 0 Å². The van der Waals surface area contributed by atoms with Gasteiger partial charge in [-0.05, 0) is 51.9 Å². The van der Waals surface area contributed by atoms with Gasteiger partial charge in [-0.2, -0.15) is 0 Å². The third-order valence-electron chi connectivity index (χ3n) is 5.00. The molecular formula is C16H30ClN3O2. The summed E-state index contributed by atoms with van der Waals surface area (Å²) in [5.74, 6) is 0.287. The van der Waals surface area contributed by atoms with Crippen LogP contribution in [0.1, 0.15) is 58.8 Å². The Hall–Kier alpha value is -0.810. The number of carbonyl (C=O) groups excluding carboxylic acids is 2. The molecule has 0 bridgehead atoms. The van der Waals surface area contributed by atoms with Gasteiger partial charge in [0, 0.05) is 25.0 Å². The van der Waals surface area contributed by atoms with Crippen LogP contribution in [-0.2, 0) is 9.59 Å². The van der Waals surface area contributed by atoms with Gasteiger partial charge in [-0.3, -0.25) is 9.59 Å². The summed E-state index contributed by atoms with van der Waals surface area (Å²) in [6, 6.07) is -0.00610. The van der Waals surface area contributed by atoms with Gasteiger partial charge in [-0.1, -0.05) is 6.42 Å². The lowest BCUT2D eigenvalue weighted by Crippen LogP contribution is -2.51. The minimum Gasteiger partial charge on any atom is -0.345 e. The topological polar surface area (TPSA) is 75.4 Å². The number of nitrogens with zero attached hydrogens (tertiary/aromatic N) is 1. The lowest BCUT2D eigenvalue weighted by atomic mass is 9.99. The minimum atomic E-state index is -0.435. The second-order valence-electron chi connectivity index (χ2n) is 6.72. The summed E-state index contributed by atoms with van der Waals surface area (Å²) in [6.07, 6.45) is 6.91. The van der Waals surface area contributed by atoms with Crippen molar-refractivity contribution in [1.29, 1.82) is 0 Å². The van der Waals surface area contributed by atoms with Crippen LogP contribution < -0.4 is 11.1 Å². The Balaban J connectivity index is 0.00000242. The van der Waals surface area contributed by atoms with Crippen LogP contribution in [0.2, 0.25) is 0 Å². The molecule has 6 heteroatoms. The van der Waals surface area contributed by atoms with Crippen molar-refractivity contribution in [2.45, 2.75) is 76.9 Å². The zero-order valence-corrected chi connectivity index (χ0v) is 14.5. The van der Waals surface area contributed by atoms with Gasteiger partial charge in [-0.15, -0.1) is 12.4 Å². The Morgan fingerprint density at radius 2 is 1.95 bits per heavy atom. The standard InChI is InChI=1S/C16H29N3O2.ClH/c1-11-6-3-4-9-19(11)16(21)12(2)18-15(20)10-13-7-5-8-14(13)17;/h11-14H,3-10,17H2,1-2H3,(H,18,20);1H/t11?,12?,13-,14+;/m0./s1. The first-order valence-corrected chi connectivity index (χ1v) is 8.34. The fourth-order valence-corrected chi connectivity index (χ4v) is 3.59. The Morgan fingerprint density at radius 3 is 2.55 bits per heavy atom. The van der Waals surface area contributed by atoms with E-state index in [2.05, 4.69) is 12.2 Å². The number of amides is 2. The zero-order valence-electron chi connectivity index (χ0n) is 13.7. The van der Waals surface area contributed by atoms with E-state index in [0.717, 1.165) is 38.6 Å². The number of likely N-dealkylation sites (tertiary alicyclic amines) is 1. The van der Waals surface area contributed by atoms with Crippen molar-refractivity contribution in [3.05, 3.63) is 0 Å². The van der Waals surface area contributed by atoms with Gasteiger partial charge in [0.25, 0.3) is 0 Å². The van der Waals surface area contributed by atoms with Gasteiger partial charge < -0.3 is 16.0 Å². The number of hydrogen-bond donors (Lipinski definition) is 2. The van der Waals surface area contributed by atoms with Crippen molar-refractivity contribution in [2.24, 2.45) is 11.7 Å². The normalized spacial score (nSPS) is 29.6. The molecule has 2 unspecified atom stereocenters. The van der Waals surface area contributed by atoms with Gasteiger partial charge in [0.2, 0.25) is 11.8 Å². The zero-order chi connectivity index (χ0) is 15.4. The van der Waals surface area contributed by atoms with E-state index in [1.807, 2.05) is 4.90 Å². The van der Waals surface area contributed by atoms with Crippen molar-refractivity contribution in [3.8, 4) is 0 Å². The molecule has 22 heavy (non-hydrogen) atoms. The summed E-state index contributed by atoms with van der Waals surface area (Å²) >= 11 is 0. The van der Waals surface area contributed by atoms with Crippen LogP contribution >= 0.6 is 12.4 Å². The van der Waals surface area contributed by atoms with Crippen molar-refractivity contribution < 1.29 is 9.59 Å². The van der Waals surface area contributed by atoms with Crippen LogP contribution in [0.5, 0.6) is 0 Å². The molecule has 3 N–H and O–H groups in total. The predicted molar refractivity (Wildman–Crippen MR) is 89.8 cm³/mol. The molecule has 2 aliphatic rings. The summed E-state index contributed by atoms with van der Waals surface area (Å²) in [5, 5.41) is 2.86. The summed E-state index contributed by atoms with van der Waals surface area (Å²) in [4.78, 5) is 26.4. The van der Waals surface area contributed by atoms with Crippen LogP contribution in [0.25, 0.3) is 0 Å². The molecule has 1 saturated carbocycles. The third kappa shape index (κ3) is 4.85. The number of carbonyl (C=O) groups is 2. The number of piperidine rings is 1. The van der Waals surface area contributed by atoms with Crippen LogP contribution in [0, 0.1) is 5.92 Å². The average molecular weight is 332 g/mol. The largest absolute Gasteiger partial charge is 0.345 e. The van der Waals surface area contributed by atoms with E-state index in [4.69, 9.17) is 5.73 Å². The molecule has 0 aromatic carbocycles. The van der Waals surface area contributed by atoms with Gasteiger partial charge in [0.1, 0.15) is 6.04 Å². The predicted octanol–water partition coefficient (Wildman–Crippen LogP) is 1.83. The van der Waals surface area contributed by atoms with Crippen LogP contribution in [0.15, 0.2) is 0 Å². The monoisotopic (exact) mass is 331 g/mol. The fourth-order valence-electron chi connectivity index (χ4n) is 3.59. The van der Waals surface area contributed by atoms with Crippen molar-refractivity contribution in [3.63, 3.8) is 0 Å². The summed E-state index contributed by atoms with van der Waals surface area (Å²) in [7, 11) is 0. The Morgan fingerprint density at radius 1 is 1.23 bits per heavy atom. The van der Waals surface area contributed by atoms with Crippen LogP contribution in [-0.4, -0.2) is 41.4 Å². The maximum Gasteiger partial charge on any atom is 0.245 e. The van der Waals surface area contributed by atoms with E-state index >= 15 is 0 Å². The molecule has 1 heterocycles. The molecule has 2 rings (SSSR count). The third-order valence-corrected chi connectivity index (χ3v) is 5.00. The van der Waals surface area contributed by atoms with Gasteiger partial charge >= 0.3 is 0 Å². The molecule has 1 aliphatic heterocycles. The maximum absolute atomic E-state index is 12.4. The molecule has 0 aromatic rings. The van der Waals surface area contributed by atoms with Crippen LogP contribution in [0.3, 0.4) is 0 Å². The first kappa shape index (κ1) is 19.2. The summed E-state index contributed by atoms with van der Waals surface area (Å²) < 4.78 is 0. The SMILES string of the molecule is CC(NC(=O)C[C@@H]1CCC[C@H]1N)C(=O)N1CCCCC1C.Cl. The average Bonchev–Trinajstić information content (AvgIpc) is 2.84. The first-order chi connectivity index (χ1) is 9.99. The highest BCUT2D eigenvalue weighted by Crippen LogP contribution is 2.26. The molecule has 0 spiro atoms. The van der Waals surface area contributed by atoms with Crippen molar-refractivity contribution in [2.75, 3.05) is 6.54 Å². The maximum atomic E-state index is 12.4. The lowest BCUT2D eigenvalue weighted by molar-refractivity contribution is -0.139.